The number of nitrogens with one attached hydrogen (secondary N) is 1. The van der Waals surface area contributed by atoms with Crippen LogP contribution in [0.3, 0.4) is 0 Å². The SMILES string of the molecule is O=[N+]([O-])c1c(NC2CCCCC2)ncnc1N1CCN(c2ccccc2F)CC1. The van der Waals surface area contributed by atoms with Crippen LogP contribution in [-0.4, -0.2) is 47.1 Å². The summed E-state index contributed by atoms with van der Waals surface area (Å²) in [7, 11) is 0. The number of benzene rings is 1. The van der Waals surface area contributed by atoms with Crippen molar-refractivity contribution in [2.45, 2.75) is 38.1 Å². The van der Waals surface area contributed by atoms with Gasteiger partial charge in [-0.25, -0.2) is 14.4 Å². The summed E-state index contributed by atoms with van der Waals surface area (Å²) >= 11 is 0. The summed E-state index contributed by atoms with van der Waals surface area (Å²) in [4.78, 5) is 23.7. The number of para-hydroxylation sites is 1. The summed E-state index contributed by atoms with van der Waals surface area (Å²) in [5.41, 5.74) is 0.487. The van der Waals surface area contributed by atoms with E-state index in [-0.39, 0.29) is 17.5 Å². The lowest BCUT2D eigenvalue weighted by Gasteiger charge is -2.36. The summed E-state index contributed by atoms with van der Waals surface area (Å²) in [6.45, 7) is 2.17. The van der Waals surface area contributed by atoms with Crippen LogP contribution in [0.5, 0.6) is 0 Å². The first-order valence-corrected chi connectivity index (χ1v) is 10.1. The molecule has 2 aromatic rings. The fraction of sp³-hybridized carbons (Fsp3) is 0.500. The fourth-order valence-electron chi connectivity index (χ4n) is 4.18. The molecule has 9 heteroatoms. The van der Waals surface area contributed by atoms with Gasteiger partial charge in [-0.1, -0.05) is 31.4 Å². The van der Waals surface area contributed by atoms with E-state index < -0.39 is 4.92 Å². The van der Waals surface area contributed by atoms with E-state index in [0.717, 1.165) is 25.7 Å². The van der Waals surface area contributed by atoms with E-state index in [0.29, 0.717) is 43.5 Å². The van der Waals surface area contributed by atoms with Gasteiger partial charge in [0.2, 0.25) is 11.6 Å². The Morgan fingerprint density at radius 1 is 1.03 bits per heavy atom. The van der Waals surface area contributed by atoms with Crippen molar-refractivity contribution in [3.8, 4) is 0 Å². The van der Waals surface area contributed by atoms with Gasteiger partial charge in [-0.05, 0) is 25.0 Å². The second kappa shape index (κ2) is 8.59. The summed E-state index contributed by atoms with van der Waals surface area (Å²) in [6, 6.07) is 6.89. The molecule has 2 heterocycles. The topological polar surface area (TPSA) is 87.4 Å². The molecule has 0 unspecified atom stereocenters. The third-order valence-electron chi connectivity index (χ3n) is 5.70. The fourth-order valence-corrected chi connectivity index (χ4v) is 4.18. The maximum Gasteiger partial charge on any atom is 0.353 e. The minimum absolute atomic E-state index is 0.0718. The van der Waals surface area contributed by atoms with Crippen molar-refractivity contribution in [3.63, 3.8) is 0 Å². The third-order valence-corrected chi connectivity index (χ3v) is 5.70. The molecule has 0 bridgehead atoms. The molecule has 4 rings (SSSR count). The molecular formula is C20H25FN6O2. The molecule has 0 amide bonds. The van der Waals surface area contributed by atoms with Crippen LogP contribution in [0, 0.1) is 15.9 Å². The second-order valence-electron chi connectivity index (χ2n) is 7.56. The Balaban J connectivity index is 1.52. The maximum atomic E-state index is 14.1. The smallest absolute Gasteiger partial charge is 0.353 e. The molecule has 2 aliphatic rings. The highest BCUT2D eigenvalue weighted by molar-refractivity contribution is 5.71. The van der Waals surface area contributed by atoms with Crippen LogP contribution in [0.2, 0.25) is 0 Å². The Hall–Kier alpha value is -2.97. The van der Waals surface area contributed by atoms with E-state index in [4.69, 9.17) is 0 Å². The van der Waals surface area contributed by atoms with Gasteiger partial charge in [-0.15, -0.1) is 0 Å². The van der Waals surface area contributed by atoms with Gasteiger partial charge >= 0.3 is 5.69 Å². The summed E-state index contributed by atoms with van der Waals surface area (Å²) in [6.07, 6.45) is 6.84. The molecule has 0 radical (unpaired) electrons. The largest absolute Gasteiger partial charge is 0.366 e. The van der Waals surface area contributed by atoms with Gasteiger partial charge < -0.3 is 15.1 Å². The van der Waals surface area contributed by atoms with E-state index in [2.05, 4.69) is 15.3 Å². The molecule has 1 N–H and O–H groups in total. The van der Waals surface area contributed by atoms with Crippen molar-refractivity contribution in [2.75, 3.05) is 41.3 Å². The van der Waals surface area contributed by atoms with Crippen molar-refractivity contribution in [2.24, 2.45) is 0 Å². The molecule has 0 atom stereocenters. The van der Waals surface area contributed by atoms with Crippen LogP contribution < -0.4 is 15.1 Å². The minimum Gasteiger partial charge on any atom is -0.366 e. The lowest BCUT2D eigenvalue weighted by Crippen LogP contribution is -2.47. The molecule has 0 spiro atoms. The van der Waals surface area contributed by atoms with Crippen LogP contribution in [0.25, 0.3) is 0 Å². The zero-order chi connectivity index (χ0) is 20.2. The lowest BCUT2D eigenvalue weighted by molar-refractivity contribution is -0.383. The van der Waals surface area contributed by atoms with Gasteiger partial charge in [0.05, 0.1) is 10.6 Å². The van der Waals surface area contributed by atoms with Crippen LogP contribution in [-0.2, 0) is 0 Å². The van der Waals surface area contributed by atoms with Crippen LogP contribution in [0.15, 0.2) is 30.6 Å². The van der Waals surface area contributed by atoms with Crippen molar-refractivity contribution >= 4 is 23.0 Å². The van der Waals surface area contributed by atoms with Crippen molar-refractivity contribution in [1.82, 2.24) is 9.97 Å². The molecule has 1 aromatic carbocycles. The quantitative estimate of drug-likeness (QED) is 0.606. The van der Waals surface area contributed by atoms with Crippen molar-refractivity contribution in [1.29, 1.82) is 0 Å². The molecule has 1 aliphatic heterocycles. The standard InChI is InChI=1S/C20H25FN6O2/c21-16-8-4-5-9-17(16)25-10-12-26(13-11-25)20-18(27(28)29)19(22-14-23-20)24-15-6-2-1-3-7-15/h4-5,8-9,14-15H,1-3,6-7,10-13H2,(H,22,23,24). The summed E-state index contributed by atoms with van der Waals surface area (Å²) in [5.74, 6) is 0.368. The first-order valence-electron chi connectivity index (χ1n) is 10.1. The first kappa shape index (κ1) is 19.4. The number of aromatic nitrogens is 2. The Kier molecular flexibility index (Phi) is 5.73. The molecular weight excluding hydrogens is 375 g/mol. The number of nitrogens with zero attached hydrogens (tertiary/aromatic N) is 5. The zero-order valence-electron chi connectivity index (χ0n) is 16.3. The predicted molar refractivity (Wildman–Crippen MR) is 110 cm³/mol. The zero-order valence-corrected chi connectivity index (χ0v) is 16.3. The highest BCUT2D eigenvalue weighted by Gasteiger charge is 2.30. The number of anilines is 3. The van der Waals surface area contributed by atoms with Gasteiger partial charge in [0, 0.05) is 32.2 Å². The highest BCUT2D eigenvalue weighted by Crippen LogP contribution is 2.34. The van der Waals surface area contributed by atoms with E-state index in [1.165, 1.54) is 18.8 Å². The molecule has 2 fully saturated rings. The van der Waals surface area contributed by atoms with Crippen molar-refractivity contribution < 1.29 is 9.31 Å². The first-order chi connectivity index (χ1) is 14.1. The van der Waals surface area contributed by atoms with E-state index in [9.17, 15) is 14.5 Å². The van der Waals surface area contributed by atoms with Gasteiger partial charge in [0.15, 0.2) is 0 Å². The average molecular weight is 400 g/mol. The predicted octanol–water partition coefficient (Wildman–Crippen LogP) is 3.60. The van der Waals surface area contributed by atoms with Gasteiger partial charge in [-0.3, -0.25) is 10.1 Å². The number of piperazine rings is 1. The van der Waals surface area contributed by atoms with Crippen molar-refractivity contribution in [3.05, 3.63) is 46.5 Å². The molecule has 29 heavy (non-hydrogen) atoms. The summed E-state index contributed by atoms with van der Waals surface area (Å²) < 4.78 is 14.1. The van der Waals surface area contributed by atoms with Crippen LogP contribution in [0.4, 0.5) is 27.4 Å². The molecule has 1 saturated heterocycles. The normalized spacial score (nSPS) is 18.0. The van der Waals surface area contributed by atoms with Crippen LogP contribution in [0.1, 0.15) is 32.1 Å². The molecule has 1 aliphatic carbocycles. The van der Waals surface area contributed by atoms with Crippen LogP contribution >= 0.6 is 0 Å². The highest BCUT2D eigenvalue weighted by atomic mass is 19.1. The minimum atomic E-state index is -0.399. The van der Waals surface area contributed by atoms with Gasteiger partial charge in [0.1, 0.15) is 12.1 Å². The molecule has 1 aromatic heterocycles. The van der Waals surface area contributed by atoms with Gasteiger partial charge in [-0.2, -0.15) is 0 Å². The Labute approximate surface area is 168 Å². The van der Waals surface area contributed by atoms with E-state index in [1.54, 1.807) is 12.1 Å². The Bertz CT molecular complexity index is 866. The molecule has 154 valence electrons. The number of rotatable bonds is 5. The monoisotopic (exact) mass is 400 g/mol. The third kappa shape index (κ3) is 4.23. The number of hydrogen-bond acceptors (Lipinski definition) is 7. The number of nitro groups is 1. The Morgan fingerprint density at radius 3 is 2.41 bits per heavy atom. The number of halogens is 1. The lowest BCUT2D eigenvalue weighted by atomic mass is 9.95. The van der Waals surface area contributed by atoms with E-state index >= 15 is 0 Å². The molecule has 1 saturated carbocycles. The number of hydrogen-bond donors (Lipinski definition) is 1. The van der Waals surface area contributed by atoms with Gasteiger partial charge in [0.25, 0.3) is 0 Å². The maximum absolute atomic E-state index is 14.1. The summed E-state index contributed by atoms with van der Waals surface area (Å²) in [5, 5.41) is 15.1. The Morgan fingerprint density at radius 2 is 1.72 bits per heavy atom. The van der Waals surface area contributed by atoms with E-state index in [1.807, 2.05) is 15.9 Å². The second-order valence-corrected chi connectivity index (χ2v) is 7.56. The molecule has 8 nitrogen and oxygen atoms in total. The average Bonchev–Trinajstić information content (AvgIpc) is 2.75.